The highest BCUT2D eigenvalue weighted by Crippen LogP contribution is 2.28. The van der Waals surface area contributed by atoms with E-state index in [-0.39, 0.29) is 5.91 Å². The van der Waals surface area contributed by atoms with Crippen molar-refractivity contribution >= 4 is 17.5 Å². The molecule has 4 heteroatoms. The second kappa shape index (κ2) is 5.51. The van der Waals surface area contributed by atoms with Crippen molar-refractivity contribution in [1.82, 2.24) is 10.2 Å². The Morgan fingerprint density at radius 1 is 1.42 bits per heavy atom. The van der Waals surface area contributed by atoms with Crippen LogP contribution in [0.3, 0.4) is 0 Å². The molecule has 3 rings (SSSR count). The quantitative estimate of drug-likeness (QED) is 0.916. The van der Waals surface area contributed by atoms with Crippen LogP contribution >= 0.6 is 11.6 Å². The normalized spacial score (nSPS) is 19.0. The van der Waals surface area contributed by atoms with E-state index in [1.807, 2.05) is 12.1 Å². The van der Waals surface area contributed by atoms with E-state index < -0.39 is 0 Å². The maximum Gasteiger partial charge on any atom is 0.223 e. The maximum absolute atomic E-state index is 11.5. The number of carbonyl (C=O) groups excluding carboxylic acids is 1. The fourth-order valence-electron chi connectivity index (χ4n) is 2.64. The molecule has 1 heterocycles. The molecule has 1 N–H and O–H groups in total. The summed E-state index contributed by atoms with van der Waals surface area (Å²) in [6, 6.07) is 6.13. The first kappa shape index (κ1) is 12.9. The van der Waals surface area contributed by atoms with Gasteiger partial charge in [-0.3, -0.25) is 9.69 Å². The van der Waals surface area contributed by atoms with Crippen molar-refractivity contribution < 1.29 is 4.79 Å². The van der Waals surface area contributed by atoms with Gasteiger partial charge in [0.05, 0.1) is 0 Å². The first-order valence-electron chi connectivity index (χ1n) is 7.00. The first-order chi connectivity index (χ1) is 9.24. The fraction of sp³-hybridized carbons (Fsp3) is 0.533. The van der Waals surface area contributed by atoms with Gasteiger partial charge >= 0.3 is 0 Å². The number of hydrogen-bond donors (Lipinski definition) is 1. The lowest BCUT2D eigenvalue weighted by molar-refractivity contribution is -0.122. The summed E-state index contributed by atoms with van der Waals surface area (Å²) >= 11 is 6.20. The smallest absolute Gasteiger partial charge is 0.223 e. The van der Waals surface area contributed by atoms with E-state index in [1.165, 1.54) is 11.1 Å². The number of fused-ring (bicyclic) bond motifs is 1. The van der Waals surface area contributed by atoms with E-state index in [4.69, 9.17) is 11.6 Å². The largest absolute Gasteiger partial charge is 0.355 e. The molecule has 19 heavy (non-hydrogen) atoms. The Balaban J connectivity index is 1.50. The summed E-state index contributed by atoms with van der Waals surface area (Å²) in [5, 5.41) is 3.91. The van der Waals surface area contributed by atoms with Crippen LogP contribution in [0.15, 0.2) is 18.2 Å². The van der Waals surface area contributed by atoms with E-state index in [1.54, 1.807) is 0 Å². The van der Waals surface area contributed by atoms with Crippen molar-refractivity contribution in [1.29, 1.82) is 0 Å². The van der Waals surface area contributed by atoms with Crippen molar-refractivity contribution in [2.75, 3.05) is 19.6 Å². The molecule has 0 unspecified atom stereocenters. The molecule has 0 spiro atoms. The van der Waals surface area contributed by atoms with Crippen LogP contribution in [-0.4, -0.2) is 30.4 Å². The number of benzene rings is 1. The van der Waals surface area contributed by atoms with Crippen molar-refractivity contribution in [3.63, 3.8) is 0 Å². The number of nitrogens with one attached hydrogen (secondary N) is 1. The van der Waals surface area contributed by atoms with E-state index in [9.17, 15) is 4.79 Å². The molecule has 0 saturated heterocycles. The highest BCUT2D eigenvalue weighted by molar-refractivity contribution is 6.31. The van der Waals surface area contributed by atoms with Crippen LogP contribution in [0.2, 0.25) is 5.02 Å². The Morgan fingerprint density at radius 3 is 3.05 bits per heavy atom. The van der Waals surface area contributed by atoms with Gasteiger partial charge in [0.25, 0.3) is 0 Å². The molecule has 0 atom stereocenters. The predicted octanol–water partition coefficient (Wildman–Crippen LogP) is 2.22. The Hall–Kier alpha value is -1.06. The molecule has 2 aliphatic rings. The topological polar surface area (TPSA) is 32.3 Å². The average Bonchev–Trinajstić information content (AvgIpc) is 3.23. The lowest BCUT2D eigenvalue weighted by Crippen LogP contribution is -2.38. The van der Waals surface area contributed by atoms with E-state index >= 15 is 0 Å². The van der Waals surface area contributed by atoms with Crippen LogP contribution in [0.5, 0.6) is 0 Å². The molecule has 0 aromatic heterocycles. The predicted molar refractivity (Wildman–Crippen MR) is 76.2 cm³/mol. The molecule has 0 bridgehead atoms. The summed E-state index contributed by atoms with van der Waals surface area (Å²) < 4.78 is 0. The molecule has 0 radical (unpaired) electrons. The summed E-state index contributed by atoms with van der Waals surface area (Å²) in [6.07, 6.45) is 3.15. The van der Waals surface area contributed by atoms with E-state index in [2.05, 4.69) is 16.3 Å². The van der Waals surface area contributed by atoms with Gasteiger partial charge in [-0.15, -0.1) is 0 Å². The SMILES string of the molecule is O=C(NCCN1CCc2c(Cl)cccc2C1)C1CC1. The fourth-order valence-corrected chi connectivity index (χ4v) is 2.93. The van der Waals surface area contributed by atoms with Crippen LogP contribution in [0.25, 0.3) is 0 Å². The van der Waals surface area contributed by atoms with Crippen LogP contribution < -0.4 is 5.32 Å². The first-order valence-corrected chi connectivity index (χ1v) is 7.38. The van der Waals surface area contributed by atoms with Gasteiger partial charge in [-0.25, -0.2) is 0 Å². The van der Waals surface area contributed by atoms with Crippen LogP contribution in [0, 0.1) is 5.92 Å². The van der Waals surface area contributed by atoms with Gasteiger partial charge in [0.15, 0.2) is 0 Å². The van der Waals surface area contributed by atoms with Gasteiger partial charge in [0.2, 0.25) is 5.91 Å². The minimum absolute atomic E-state index is 0.237. The zero-order valence-corrected chi connectivity index (χ0v) is 11.7. The zero-order chi connectivity index (χ0) is 13.2. The number of halogens is 1. The third-order valence-electron chi connectivity index (χ3n) is 3.96. The third kappa shape index (κ3) is 3.10. The monoisotopic (exact) mass is 278 g/mol. The molecule has 1 amide bonds. The zero-order valence-electron chi connectivity index (χ0n) is 11.0. The average molecular weight is 279 g/mol. The van der Waals surface area contributed by atoms with Gasteiger partial charge < -0.3 is 5.32 Å². The molecule has 3 nitrogen and oxygen atoms in total. The highest BCUT2D eigenvalue weighted by Gasteiger charge is 2.29. The second-order valence-electron chi connectivity index (χ2n) is 5.47. The Labute approximate surface area is 118 Å². The van der Waals surface area contributed by atoms with Crippen molar-refractivity contribution in [2.24, 2.45) is 5.92 Å². The van der Waals surface area contributed by atoms with Gasteiger partial charge in [0, 0.05) is 37.1 Å². The molecular formula is C15H19ClN2O. The minimum atomic E-state index is 0.237. The van der Waals surface area contributed by atoms with Gasteiger partial charge in [-0.05, 0) is 36.5 Å². The molecule has 102 valence electrons. The summed E-state index contributed by atoms with van der Waals surface area (Å²) in [4.78, 5) is 13.9. The van der Waals surface area contributed by atoms with Crippen molar-refractivity contribution in [3.05, 3.63) is 34.3 Å². The van der Waals surface area contributed by atoms with Crippen LogP contribution in [0.1, 0.15) is 24.0 Å². The second-order valence-corrected chi connectivity index (χ2v) is 5.88. The Morgan fingerprint density at radius 2 is 2.26 bits per heavy atom. The van der Waals surface area contributed by atoms with Crippen molar-refractivity contribution in [2.45, 2.75) is 25.8 Å². The Kier molecular flexibility index (Phi) is 3.76. The maximum atomic E-state index is 11.5. The summed E-state index contributed by atoms with van der Waals surface area (Å²) in [5.41, 5.74) is 2.62. The Bertz CT molecular complexity index is 485. The third-order valence-corrected chi connectivity index (χ3v) is 4.32. The summed E-state index contributed by atoms with van der Waals surface area (Å²) in [7, 11) is 0. The van der Waals surface area contributed by atoms with Gasteiger partial charge in [-0.2, -0.15) is 0 Å². The van der Waals surface area contributed by atoms with Crippen molar-refractivity contribution in [3.8, 4) is 0 Å². The molecule has 1 aliphatic carbocycles. The van der Waals surface area contributed by atoms with Gasteiger partial charge in [0.1, 0.15) is 0 Å². The lowest BCUT2D eigenvalue weighted by atomic mass is 10.00. The number of nitrogens with zero attached hydrogens (tertiary/aromatic N) is 1. The molecule has 1 aromatic rings. The molecule has 1 saturated carbocycles. The van der Waals surface area contributed by atoms with Crippen LogP contribution in [0.4, 0.5) is 0 Å². The van der Waals surface area contributed by atoms with Gasteiger partial charge in [-0.1, -0.05) is 23.7 Å². The van der Waals surface area contributed by atoms with E-state index in [0.29, 0.717) is 5.92 Å². The molecular weight excluding hydrogens is 260 g/mol. The number of hydrogen-bond acceptors (Lipinski definition) is 2. The number of amides is 1. The minimum Gasteiger partial charge on any atom is -0.355 e. The summed E-state index contributed by atoms with van der Waals surface area (Å²) in [6.45, 7) is 3.64. The summed E-state index contributed by atoms with van der Waals surface area (Å²) in [5.74, 6) is 0.543. The number of rotatable bonds is 4. The molecule has 1 aliphatic heterocycles. The van der Waals surface area contributed by atoms with Crippen LogP contribution in [-0.2, 0) is 17.8 Å². The molecule has 1 fully saturated rings. The highest BCUT2D eigenvalue weighted by atomic mass is 35.5. The molecule has 1 aromatic carbocycles. The lowest BCUT2D eigenvalue weighted by Gasteiger charge is -2.29. The number of carbonyl (C=O) groups is 1. The standard InChI is InChI=1S/C15H19ClN2O/c16-14-3-1-2-12-10-18(8-6-13(12)14)9-7-17-15(19)11-4-5-11/h1-3,11H,4-10H2,(H,17,19). The van der Waals surface area contributed by atoms with E-state index in [0.717, 1.165) is 50.5 Å².